The number of sulfonamides is 1. The van der Waals surface area contributed by atoms with E-state index >= 15 is 0 Å². The Morgan fingerprint density at radius 2 is 1.93 bits per heavy atom. The second kappa shape index (κ2) is 5.43. The van der Waals surface area contributed by atoms with Crippen LogP contribution in [0.1, 0.15) is 13.8 Å². The zero-order valence-electron chi connectivity index (χ0n) is 9.30. The summed E-state index contributed by atoms with van der Waals surface area (Å²) >= 11 is 0. The first-order valence-electron chi connectivity index (χ1n) is 4.43. The van der Waals surface area contributed by atoms with Crippen LogP contribution in [0.25, 0.3) is 0 Å². The maximum atomic E-state index is 11.7. The van der Waals surface area contributed by atoms with Gasteiger partial charge in [0.15, 0.2) is 5.25 Å². The first kappa shape index (κ1) is 14.3. The highest BCUT2D eigenvalue weighted by Crippen LogP contribution is 2.11. The largest absolute Gasteiger partial charge is 0.480 e. The van der Waals surface area contributed by atoms with E-state index in [0.29, 0.717) is 0 Å². The number of methoxy groups -OCH3 is 1. The number of carbonyl (C=O) groups is 1. The summed E-state index contributed by atoms with van der Waals surface area (Å²) in [7, 11) is -1.00. The van der Waals surface area contributed by atoms with Crippen LogP contribution in [-0.2, 0) is 19.6 Å². The lowest BCUT2D eigenvalue weighted by molar-refractivity contribution is -0.136. The van der Waals surface area contributed by atoms with Gasteiger partial charge in [-0.3, -0.25) is 4.79 Å². The molecule has 0 bridgehead atoms. The van der Waals surface area contributed by atoms with Gasteiger partial charge in [0.05, 0.1) is 6.61 Å². The molecule has 0 aromatic rings. The number of likely N-dealkylation sites (N-methyl/N-ethyl adjacent to an activating group) is 1. The van der Waals surface area contributed by atoms with Crippen molar-refractivity contribution in [2.24, 2.45) is 0 Å². The van der Waals surface area contributed by atoms with Crippen LogP contribution in [0.2, 0.25) is 0 Å². The molecule has 0 rings (SSSR count). The van der Waals surface area contributed by atoms with Gasteiger partial charge >= 0.3 is 5.97 Å². The molecule has 0 aromatic carbocycles. The summed E-state index contributed by atoms with van der Waals surface area (Å²) in [5.74, 6) is -1.36. The van der Waals surface area contributed by atoms with E-state index in [9.17, 15) is 13.2 Å². The van der Waals surface area contributed by atoms with Gasteiger partial charge in [0.1, 0.15) is 0 Å². The monoisotopic (exact) mass is 239 g/mol. The molecule has 0 saturated heterocycles. The highest BCUT2D eigenvalue weighted by Gasteiger charge is 2.33. The van der Waals surface area contributed by atoms with Crippen molar-refractivity contribution >= 4 is 16.0 Å². The van der Waals surface area contributed by atoms with E-state index < -0.39 is 21.2 Å². The molecule has 0 amide bonds. The van der Waals surface area contributed by atoms with E-state index in [1.807, 2.05) is 0 Å². The lowest BCUT2D eigenvalue weighted by atomic mass is 10.4. The van der Waals surface area contributed by atoms with E-state index in [1.165, 1.54) is 14.2 Å². The Hall–Kier alpha value is -0.660. The van der Waals surface area contributed by atoms with Gasteiger partial charge in [-0.25, -0.2) is 8.42 Å². The van der Waals surface area contributed by atoms with E-state index in [-0.39, 0.29) is 12.6 Å². The van der Waals surface area contributed by atoms with Crippen molar-refractivity contribution in [2.75, 3.05) is 20.8 Å². The van der Waals surface area contributed by atoms with Crippen LogP contribution in [0.5, 0.6) is 0 Å². The minimum atomic E-state index is -3.81. The summed E-state index contributed by atoms with van der Waals surface area (Å²) in [6, 6.07) is -0.387. The molecule has 0 aliphatic rings. The summed E-state index contributed by atoms with van der Waals surface area (Å²) in [5.41, 5.74) is 0. The van der Waals surface area contributed by atoms with E-state index in [2.05, 4.69) is 0 Å². The predicted octanol–water partition coefficient (Wildman–Crippen LogP) is -0.244. The Kier molecular flexibility index (Phi) is 5.19. The van der Waals surface area contributed by atoms with Crippen molar-refractivity contribution in [2.45, 2.75) is 25.1 Å². The topological polar surface area (TPSA) is 83.9 Å². The SMILES string of the molecule is COCC(C)N(C)S(=O)(=O)C(C)C(=O)O. The van der Waals surface area contributed by atoms with Crippen molar-refractivity contribution in [1.29, 1.82) is 0 Å². The third-order valence-electron chi connectivity index (χ3n) is 2.22. The van der Waals surface area contributed by atoms with Gasteiger partial charge in [-0.15, -0.1) is 0 Å². The summed E-state index contributed by atoms with van der Waals surface area (Å²) in [6.07, 6.45) is 0. The molecule has 0 fully saturated rings. The molecule has 7 heteroatoms. The molecule has 2 unspecified atom stereocenters. The Bertz CT molecular complexity index is 313. The van der Waals surface area contributed by atoms with Gasteiger partial charge < -0.3 is 9.84 Å². The minimum absolute atomic E-state index is 0.224. The molecule has 0 aliphatic carbocycles. The molecular formula is C8H17NO5S. The Morgan fingerprint density at radius 3 is 2.27 bits per heavy atom. The Balaban J connectivity index is 4.80. The normalized spacial score (nSPS) is 16.3. The molecule has 0 radical (unpaired) electrons. The molecule has 0 saturated carbocycles. The highest BCUT2D eigenvalue weighted by molar-refractivity contribution is 7.90. The van der Waals surface area contributed by atoms with Crippen molar-refractivity contribution in [3.8, 4) is 0 Å². The molecule has 2 atom stereocenters. The van der Waals surface area contributed by atoms with Crippen LogP contribution in [0, 0.1) is 0 Å². The van der Waals surface area contributed by atoms with Gasteiger partial charge in [-0.05, 0) is 13.8 Å². The first-order chi connectivity index (χ1) is 6.75. The molecule has 90 valence electrons. The summed E-state index contributed by atoms with van der Waals surface area (Å²) < 4.78 is 29.2. The molecule has 0 heterocycles. The van der Waals surface area contributed by atoms with Gasteiger partial charge in [-0.1, -0.05) is 0 Å². The predicted molar refractivity (Wildman–Crippen MR) is 55.1 cm³/mol. The fourth-order valence-electron chi connectivity index (χ4n) is 0.974. The fourth-order valence-corrected chi connectivity index (χ4v) is 2.29. The molecule has 0 spiro atoms. The number of hydrogen-bond acceptors (Lipinski definition) is 4. The smallest absolute Gasteiger partial charge is 0.323 e. The summed E-state index contributed by atoms with van der Waals surface area (Å²) in [6.45, 7) is 3.02. The van der Waals surface area contributed by atoms with Crippen molar-refractivity contribution in [3.63, 3.8) is 0 Å². The number of rotatable bonds is 6. The summed E-state index contributed by atoms with van der Waals surface area (Å²) in [4.78, 5) is 10.6. The Morgan fingerprint density at radius 1 is 1.47 bits per heavy atom. The first-order valence-corrected chi connectivity index (χ1v) is 5.94. The van der Waals surface area contributed by atoms with E-state index in [4.69, 9.17) is 9.84 Å². The standard InChI is InChI=1S/C8H17NO5S/c1-6(5-14-4)9(3)15(12,13)7(2)8(10)11/h6-7H,5H2,1-4H3,(H,10,11). The van der Waals surface area contributed by atoms with E-state index in [0.717, 1.165) is 11.2 Å². The van der Waals surface area contributed by atoms with Crippen molar-refractivity contribution < 1.29 is 23.1 Å². The lowest BCUT2D eigenvalue weighted by Gasteiger charge is -2.25. The van der Waals surface area contributed by atoms with Gasteiger partial charge in [0.2, 0.25) is 10.0 Å². The molecule has 0 aliphatic heterocycles. The van der Waals surface area contributed by atoms with Gasteiger partial charge in [0, 0.05) is 20.2 Å². The third-order valence-corrected chi connectivity index (χ3v) is 4.48. The molecular weight excluding hydrogens is 222 g/mol. The van der Waals surface area contributed by atoms with Crippen molar-refractivity contribution in [3.05, 3.63) is 0 Å². The van der Waals surface area contributed by atoms with Crippen molar-refractivity contribution in [1.82, 2.24) is 4.31 Å². The number of hydrogen-bond donors (Lipinski definition) is 1. The molecule has 6 nitrogen and oxygen atoms in total. The molecule has 15 heavy (non-hydrogen) atoms. The number of nitrogens with zero attached hydrogens (tertiary/aromatic N) is 1. The third kappa shape index (κ3) is 3.44. The minimum Gasteiger partial charge on any atom is -0.480 e. The lowest BCUT2D eigenvalue weighted by Crippen LogP contribution is -2.44. The fraction of sp³-hybridized carbons (Fsp3) is 0.875. The molecule has 0 aromatic heterocycles. The zero-order valence-corrected chi connectivity index (χ0v) is 10.1. The van der Waals surface area contributed by atoms with Crippen LogP contribution in [0.15, 0.2) is 0 Å². The second-order valence-corrected chi connectivity index (χ2v) is 5.66. The maximum absolute atomic E-state index is 11.7. The van der Waals surface area contributed by atoms with Gasteiger partial charge in [-0.2, -0.15) is 4.31 Å². The summed E-state index contributed by atoms with van der Waals surface area (Å²) in [5, 5.41) is 7.20. The van der Waals surface area contributed by atoms with E-state index in [1.54, 1.807) is 6.92 Å². The number of carboxylic acid groups (broad SMARTS) is 1. The van der Waals surface area contributed by atoms with Crippen LogP contribution in [0.3, 0.4) is 0 Å². The zero-order chi connectivity index (χ0) is 12.2. The van der Waals surface area contributed by atoms with Crippen LogP contribution in [-0.4, -0.2) is 55.9 Å². The molecule has 1 N–H and O–H groups in total. The maximum Gasteiger partial charge on any atom is 0.323 e. The highest BCUT2D eigenvalue weighted by atomic mass is 32.2. The van der Waals surface area contributed by atoms with Crippen LogP contribution < -0.4 is 0 Å². The Labute approximate surface area is 89.9 Å². The van der Waals surface area contributed by atoms with Crippen LogP contribution in [0.4, 0.5) is 0 Å². The van der Waals surface area contributed by atoms with Crippen LogP contribution >= 0.6 is 0 Å². The average molecular weight is 239 g/mol. The number of aliphatic carboxylic acids is 1. The number of ether oxygens (including phenoxy) is 1. The average Bonchev–Trinajstić information content (AvgIpc) is 2.15. The quantitative estimate of drug-likeness (QED) is 0.691. The van der Waals surface area contributed by atoms with Gasteiger partial charge in [0.25, 0.3) is 0 Å². The second-order valence-electron chi connectivity index (χ2n) is 3.35. The number of carboxylic acids is 1.